The van der Waals surface area contributed by atoms with Gasteiger partial charge in [-0.3, -0.25) is 4.98 Å². The second-order valence-electron chi connectivity index (χ2n) is 15.6. The third-order valence-electron chi connectivity index (χ3n) is 10.5. The maximum Gasteiger partial charge on any atom is 0.348 e. The summed E-state index contributed by atoms with van der Waals surface area (Å²) in [5.74, 6) is 5.44. The summed E-state index contributed by atoms with van der Waals surface area (Å²) in [6, 6.07) is 32.2. The first-order valence-electron chi connectivity index (χ1n) is 22.8. The molecule has 0 aliphatic carbocycles. The molecule has 4 aromatic carbocycles. The summed E-state index contributed by atoms with van der Waals surface area (Å²) in [4.78, 5) is 19.0. The molecule has 2 atom stereocenters. The lowest BCUT2D eigenvalue weighted by Crippen LogP contribution is -2.18. The predicted octanol–water partition coefficient (Wildman–Crippen LogP) is 13.6. The molecule has 0 aliphatic heterocycles. The zero-order valence-corrected chi connectivity index (χ0v) is 37.6. The summed E-state index contributed by atoms with van der Waals surface area (Å²) >= 11 is 0. The molecule has 336 valence electrons. The first-order valence-corrected chi connectivity index (χ1v) is 22.8. The maximum absolute atomic E-state index is 12.2. The largest absolute Gasteiger partial charge is 0.494 e. The topological polar surface area (TPSA) is 156 Å². The zero-order chi connectivity index (χ0) is 44.3. The molecule has 1 aromatic heterocycles. The van der Waals surface area contributed by atoms with Crippen molar-refractivity contribution in [1.82, 2.24) is 9.97 Å². The Balaban J connectivity index is 0.931. The van der Waals surface area contributed by atoms with E-state index in [4.69, 9.17) is 18.9 Å². The van der Waals surface area contributed by atoms with E-state index < -0.39 is 5.69 Å². The van der Waals surface area contributed by atoms with E-state index >= 15 is 0 Å². The van der Waals surface area contributed by atoms with Crippen LogP contribution in [-0.4, -0.2) is 49.5 Å². The molecule has 0 saturated carbocycles. The van der Waals surface area contributed by atoms with Crippen LogP contribution in [0.5, 0.6) is 23.0 Å². The second-order valence-corrected chi connectivity index (χ2v) is 15.6. The van der Waals surface area contributed by atoms with Gasteiger partial charge in [0.1, 0.15) is 34.6 Å². The summed E-state index contributed by atoms with van der Waals surface area (Å²) in [6.45, 7) is 12.5. The standard InChI is InChI=1S/C50H66N8O5/c1-5-9-13-38(7-3)36-62-46-27-19-42(20-28-46)57-55-40-15-23-44(24-16-40)60-33-11-31-51-48-35-49(54-50(59)53-48)52-32-12-34-61-45-25-17-41(18-26-45)56-58-43-21-29-47(30-22-43)63-37-39(8-4)14-10-6-2/h15-30,35,38-39H,5-14,31-34,36-37H2,1-4H3,(H3,51,52,53,54,59). The van der Waals surface area contributed by atoms with Gasteiger partial charge in [0.15, 0.2) is 0 Å². The van der Waals surface area contributed by atoms with E-state index in [0.29, 0.717) is 56.2 Å². The van der Waals surface area contributed by atoms with Gasteiger partial charge in [-0.1, -0.05) is 66.2 Å². The van der Waals surface area contributed by atoms with Crippen molar-refractivity contribution in [3.63, 3.8) is 0 Å². The number of anilines is 2. The maximum atomic E-state index is 12.2. The van der Waals surface area contributed by atoms with Crippen LogP contribution >= 0.6 is 0 Å². The van der Waals surface area contributed by atoms with Gasteiger partial charge < -0.3 is 29.6 Å². The van der Waals surface area contributed by atoms with Crippen LogP contribution in [0.2, 0.25) is 0 Å². The predicted molar refractivity (Wildman–Crippen MR) is 254 cm³/mol. The summed E-state index contributed by atoms with van der Waals surface area (Å²) < 4.78 is 23.8. The smallest absolute Gasteiger partial charge is 0.348 e. The quantitative estimate of drug-likeness (QED) is 0.0304. The minimum Gasteiger partial charge on any atom is -0.494 e. The second kappa shape index (κ2) is 27.7. The van der Waals surface area contributed by atoms with Gasteiger partial charge in [0, 0.05) is 19.2 Å². The number of aromatic nitrogens is 2. The fraction of sp³-hybridized carbons (Fsp3) is 0.440. The Morgan fingerprint density at radius 3 is 1.29 bits per heavy atom. The highest BCUT2D eigenvalue weighted by Gasteiger charge is 2.09. The zero-order valence-electron chi connectivity index (χ0n) is 37.6. The molecule has 0 aliphatic rings. The average molecular weight is 859 g/mol. The van der Waals surface area contributed by atoms with Gasteiger partial charge in [0.25, 0.3) is 0 Å². The Hall–Kier alpha value is -6.24. The number of H-pyrrole nitrogens is 1. The summed E-state index contributed by atoms with van der Waals surface area (Å²) in [5.41, 5.74) is 2.56. The number of nitrogens with zero attached hydrogens (tertiary/aromatic N) is 5. The molecule has 1 heterocycles. The highest BCUT2D eigenvalue weighted by molar-refractivity contribution is 5.47. The molecule has 0 saturated heterocycles. The van der Waals surface area contributed by atoms with Crippen LogP contribution in [0.25, 0.3) is 0 Å². The van der Waals surface area contributed by atoms with E-state index in [2.05, 4.69) is 68.8 Å². The monoisotopic (exact) mass is 859 g/mol. The van der Waals surface area contributed by atoms with Crippen LogP contribution in [0.3, 0.4) is 0 Å². The Morgan fingerprint density at radius 2 is 0.905 bits per heavy atom. The van der Waals surface area contributed by atoms with Gasteiger partial charge in [-0.05, 0) is 135 Å². The lowest BCUT2D eigenvalue weighted by Gasteiger charge is -2.15. The van der Waals surface area contributed by atoms with Gasteiger partial charge in [0.05, 0.1) is 49.2 Å². The van der Waals surface area contributed by atoms with Crippen LogP contribution in [0.15, 0.2) is 128 Å². The Kier molecular flexibility index (Phi) is 21.0. The molecule has 0 fully saturated rings. The van der Waals surface area contributed by atoms with E-state index in [1.165, 1.54) is 38.5 Å². The number of benzene rings is 4. The minimum absolute atomic E-state index is 0.432. The van der Waals surface area contributed by atoms with Crippen molar-refractivity contribution in [3.05, 3.63) is 114 Å². The summed E-state index contributed by atoms with van der Waals surface area (Å²) in [5, 5.41) is 23.9. The van der Waals surface area contributed by atoms with Crippen molar-refractivity contribution in [2.75, 3.05) is 50.2 Å². The van der Waals surface area contributed by atoms with E-state index in [1.54, 1.807) is 6.07 Å². The number of nitrogens with one attached hydrogen (secondary N) is 3. The Morgan fingerprint density at radius 1 is 0.524 bits per heavy atom. The van der Waals surface area contributed by atoms with E-state index in [1.807, 2.05) is 97.1 Å². The molecule has 5 rings (SSSR count). The van der Waals surface area contributed by atoms with Crippen molar-refractivity contribution >= 4 is 34.4 Å². The SMILES string of the molecule is CCCCC(CC)COc1ccc(N=Nc2ccc(OCCCNc3cc(NCCCOc4ccc(N=Nc5ccc(OCC(CC)CCCC)cc5)cc4)[nH]c(=O)n3)cc2)cc1. The highest BCUT2D eigenvalue weighted by Crippen LogP contribution is 2.26. The third-order valence-corrected chi connectivity index (χ3v) is 10.5. The molecule has 0 radical (unpaired) electrons. The third kappa shape index (κ3) is 18.3. The normalized spacial score (nSPS) is 12.3. The van der Waals surface area contributed by atoms with Crippen molar-refractivity contribution in [3.8, 4) is 23.0 Å². The van der Waals surface area contributed by atoms with Crippen LogP contribution in [0.4, 0.5) is 34.4 Å². The fourth-order valence-electron chi connectivity index (χ4n) is 6.50. The molecule has 2 unspecified atom stereocenters. The van der Waals surface area contributed by atoms with E-state index in [0.717, 1.165) is 78.2 Å². The van der Waals surface area contributed by atoms with E-state index in [-0.39, 0.29) is 0 Å². The van der Waals surface area contributed by atoms with Crippen LogP contribution in [0, 0.1) is 11.8 Å². The molecule has 63 heavy (non-hydrogen) atoms. The molecule has 13 heteroatoms. The van der Waals surface area contributed by atoms with Crippen molar-refractivity contribution in [2.45, 2.75) is 91.9 Å². The van der Waals surface area contributed by atoms with Crippen LogP contribution in [0.1, 0.15) is 91.9 Å². The number of ether oxygens (including phenoxy) is 4. The molecule has 3 N–H and O–H groups in total. The molecule has 5 aromatic rings. The van der Waals surface area contributed by atoms with Gasteiger partial charge in [-0.25, -0.2) is 4.79 Å². The Bertz CT molecular complexity index is 1980. The first kappa shape index (κ1) is 47.8. The molecule has 13 nitrogen and oxygen atoms in total. The molecule has 0 amide bonds. The molecule has 0 bridgehead atoms. The number of azo groups is 2. The molecule has 0 spiro atoms. The van der Waals surface area contributed by atoms with Crippen molar-refractivity contribution in [2.24, 2.45) is 32.3 Å². The van der Waals surface area contributed by atoms with E-state index in [9.17, 15) is 4.79 Å². The van der Waals surface area contributed by atoms with Gasteiger partial charge in [-0.15, -0.1) is 0 Å². The minimum atomic E-state index is -0.432. The Labute approximate surface area is 373 Å². The highest BCUT2D eigenvalue weighted by atomic mass is 16.5. The number of unbranched alkanes of at least 4 members (excludes halogenated alkanes) is 2. The molecular formula is C50H66N8O5. The van der Waals surface area contributed by atoms with Crippen molar-refractivity contribution < 1.29 is 18.9 Å². The lowest BCUT2D eigenvalue weighted by atomic mass is 10.0. The number of rotatable bonds is 30. The molecular weight excluding hydrogens is 793 g/mol. The summed E-state index contributed by atoms with van der Waals surface area (Å²) in [7, 11) is 0. The number of hydrogen-bond acceptors (Lipinski definition) is 12. The number of aromatic amines is 1. The van der Waals surface area contributed by atoms with Crippen molar-refractivity contribution in [1.29, 1.82) is 0 Å². The first-order chi connectivity index (χ1) is 30.9. The van der Waals surface area contributed by atoms with Gasteiger partial charge in [-0.2, -0.15) is 25.4 Å². The van der Waals surface area contributed by atoms with Gasteiger partial charge in [0.2, 0.25) is 0 Å². The number of hydrogen-bond donors (Lipinski definition) is 3. The summed E-state index contributed by atoms with van der Waals surface area (Å²) in [6.07, 6.45) is 11.0. The van der Waals surface area contributed by atoms with Crippen LogP contribution < -0.4 is 35.3 Å². The average Bonchev–Trinajstić information content (AvgIpc) is 3.31. The fourth-order valence-corrected chi connectivity index (χ4v) is 6.50. The van der Waals surface area contributed by atoms with Crippen LogP contribution in [-0.2, 0) is 0 Å². The lowest BCUT2D eigenvalue weighted by molar-refractivity contribution is 0.233. The van der Waals surface area contributed by atoms with Gasteiger partial charge >= 0.3 is 5.69 Å².